The van der Waals surface area contributed by atoms with Crippen molar-refractivity contribution in [3.05, 3.63) is 28.2 Å². The molecule has 1 aliphatic heterocycles. The molecule has 0 spiro atoms. The van der Waals surface area contributed by atoms with Gasteiger partial charge >= 0.3 is 0 Å². The number of hydrogen-bond acceptors (Lipinski definition) is 3. The molecule has 0 aromatic heterocycles. The van der Waals surface area contributed by atoms with Gasteiger partial charge in [-0.1, -0.05) is 6.07 Å². The molecule has 3 nitrogen and oxygen atoms in total. The molecule has 1 aliphatic rings. The molecule has 0 amide bonds. The van der Waals surface area contributed by atoms with Gasteiger partial charge in [0.1, 0.15) is 5.75 Å². The van der Waals surface area contributed by atoms with Crippen molar-refractivity contribution in [1.29, 1.82) is 0 Å². The van der Waals surface area contributed by atoms with Gasteiger partial charge < -0.3 is 14.6 Å². The molecule has 0 bridgehead atoms. The van der Waals surface area contributed by atoms with Crippen LogP contribution in [-0.2, 0) is 11.2 Å². The second-order valence-electron chi connectivity index (χ2n) is 5.05. The van der Waals surface area contributed by atoms with E-state index in [1.807, 2.05) is 18.2 Å². The van der Waals surface area contributed by atoms with Crippen LogP contribution in [0.2, 0.25) is 0 Å². The van der Waals surface area contributed by atoms with Crippen LogP contribution >= 0.6 is 15.9 Å². The van der Waals surface area contributed by atoms with E-state index < -0.39 is 0 Å². The molecule has 1 aromatic carbocycles. The van der Waals surface area contributed by atoms with E-state index in [-0.39, 0.29) is 12.2 Å². The standard InChI is InChI=1S/C15H21BrO3/c1-18-15-6-5-11(9-14(15)16)8-12(17)10-13-4-2-3-7-19-13/h5-6,9,12-13,17H,2-4,7-8,10H2,1H3. The van der Waals surface area contributed by atoms with Gasteiger partial charge in [-0.05, 0) is 65.7 Å². The van der Waals surface area contributed by atoms with Crippen molar-refractivity contribution in [2.75, 3.05) is 13.7 Å². The maximum Gasteiger partial charge on any atom is 0.133 e. The molecule has 106 valence electrons. The van der Waals surface area contributed by atoms with Crippen molar-refractivity contribution in [1.82, 2.24) is 0 Å². The lowest BCUT2D eigenvalue weighted by molar-refractivity contribution is -0.0147. The highest BCUT2D eigenvalue weighted by atomic mass is 79.9. The molecule has 4 heteroatoms. The molecular formula is C15H21BrO3. The first-order valence-electron chi connectivity index (χ1n) is 6.81. The lowest BCUT2D eigenvalue weighted by Gasteiger charge is -2.24. The Hall–Kier alpha value is -0.580. The Morgan fingerprint density at radius 3 is 2.95 bits per heavy atom. The van der Waals surface area contributed by atoms with Crippen molar-refractivity contribution in [3.63, 3.8) is 0 Å². The highest BCUT2D eigenvalue weighted by molar-refractivity contribution is 9.10. The minimum Gasteiger partial charge on any atom is -0.496 e. The van der Waals surface area contributed by atoms with Gasteiger partial charge in [0.25, 0.3) is 0 Å². The molecule has 1 fully saturated rings. The van der Waals surface area contributed by atoms with Gasteiger partial charge in [0, 0.05) is 6.61 Å². The fourth-order valence-electron chi connectivity index (χ4n) is 2.49. The lowest BCUT2D eigenvalue weighted by Crippen LogP contribution is -2.25. The van der Waals surface area contributed by atoms with Gasteiger partial charge in [-0.2, -0.15) is 0 Å². The fourth-order valence-corrected chi connectivity index (χ4v) is 3.08. The van der Waals surface area contributed by atoms with Crippen molar-refractivity contribution in [2.45, 2.75) is 44.3 Å². The first-order valence-corrected chi connectivity index (χ1v) is 7.60. The van der Waals surface area contributed by atoms with Crippen LogP contribution in [0, 0.1) is 0 Å². The summed E-state index contributed by atoms with van der Waals surface area (Å²) >= 11 is 3.46. The number of aliphatic hydroxyl groups is 1. The Labute approximate surface area is 123 Å². The van der Waals surface area contributed by atoms with E-state index in [1.165, 1.54) is 6.42 Å². The molecule has 2 unspecified atom stereocenters. The second-order valence-corrected chi connectivity index (χ2v) is 5.91. The molecule has 0 saturated carbocycles. The predicted octanol–water partition coefficient (Wildman–Crippen LogP) is 3.32. The normalized spacial score (nSPS) is 21.1. The summed E-state index contributed by atoms with van der Waals surface area (Å²) in [5.41, 5.74) is 1.11. The van der Waals surface area contributed by atoms with Crippen LogP contribution < -0.4 is 4.74 Å². The van der Waals surface area contributed by atoms with Gasteiger partial charge in [-0.25, -0.2) is 0 Å². The average Bonchev–Trinajstić information content (AvgIpc) is 2.40. The van der Waals surface area contributed by atoms with Gasteiger partial charge in [0.15, 0.2) is 0 Å². The summed E-state index contributed by atoms with van der Waals surface area (Å²) < 4.78 is 11.8. The van der Waals surface area contributed by atoms with Crippen LogP contribution in [0.15, 0.2) is 22.7 Å². The molecule has 1 aromatic rings. The van der Waals surface area contributed by atoms with E-state index in [0.717, 1.165) is 41.7 Å². The van der Waals surface area contributed by atoms with E-state index in [1.54, 1.807) is 7.11 Å². The van der Waals surface area contributed by atoms with E-state index in [9.17, 15) is 5.11 Å². The highest BCUT2D eigenvalue weighted by Gasteiger charge is 2.18. The van der Waals surface area contributed by atoms with Gasteiger partial charge in [0.2, 0.25) is 0 Å². The zero-order valence-electron chi connectivity index (χ0n) is 11.3. The van der Waals surface area contributed by atoms with Crippen molar-refractivity contribution in [2.24, 2.45) is 0 Å². The third kappa shape index (κ3) is 4.48. The van der Waals surface area contributed by atoms with Crippen molar-refractivity contribution in [3.8, 4) is 5.75 Å². The Balaban J connectivity index is 1.87. The molecule has 2 rings (SSSR count). The van der Waals surface area contributed by atoms with Crippen LogP contribution in [0.3, 0.4) is 0 Å². The fraction of sp³-hybridized carbons (Fsp3) is 0.600. The highest BCUT2D eigenvalue weighted by Crippen LogP contribution is 2.26. The van der Waals surface area contributed by atoms with Crippen molar-refractivity contribution >= 4 is 15.9 Å². The zero-order valence-corrected chi connectivity index (χ0v) is 12.9. The third-order valence-electron chi connectivity index (χ3n) is 3.50. The summed E-state index contributed by atoms with van der Waals surface area (Å²) in [6.07, 6.45) is 4.70. The largest absolute Gasteiger partial charge is 0.496 e. The Morgan fingerprint density at radius 2 is 2.32 bits per heavy atom. The summed E-state index contributed by atoms with van der Waals surface area (Å²) in [5, 5.41) is 10.1. The molecular weight excluding hydrogens is 308 g/mol. The number of hydrogen-bond donors (Lipinski definition) is 1. The number of ether oxygens (including phenoxy) is 2. The Morgan fingerprint density at radius 1 is 1.47 bits per heavy atom. The first-order chi connectivity index (χ1) is 9.19. The SMILES string of the molecule is COc1ccc(CC(O)CC2CCCCO2)cc1Br. The minimum absolute atomic E-state index is 0.227. The molecule has 1 saturated heterocycles. The van der Waals surface area contributed by atoms with E-state index in [0.29, 0.717) is 6.42 Å². The number of aliphatic hydroxyl groups excluding tert-OH is 1. The van der Waals surface area contributed by atoms with E-state index in [2.05, 4.69) is 15.9 Å². The van der Waals surface area contributed by atoms with E-state index >= 15 is 0 Å². The zero-order chi connectivity index (χ0) is 13.7. The van der Waals surface area contributed by atoms with Gasteiger partial charge in [0.05, 0.1) is 23.8 Å². The number of rotatable bonds is 5. The maximum atomic E-state index is 10.1. The molecule has 1 heterocycles. The van der Waals surface area contributed by atoms with Crippen molar-refractivity contribution < 1.29 is 14.6 Å². The van der Waals surface area contributed by atoms with Crippen LogP contribution in [0.1, 0.15) is 31.2 Å². The van der Waals surface area contributed by atoms with Gasteiger partial charge in [-0.15, -0.1) is 0 Å². The quantitative estimate of drug-likeness (QED) is 0.901. The topological polar surface area (TPSA) is 38.7 Å². The van der Waals surface area contributed by atoms with Crippen LogP contribution in [0.4, 0.5) is 0 Å². The average molecular weight is 329 g/mol. The monoisotopic (exact) mass is 328 g/mol. The van der Waals surface area contributed by atoms with E-state index in [4.69, 9.17) is 9.47 Å². The molecule has 19 heavy (non-hydrogen) atoms. The molecule has 0 radical (unpaired) electrons. The van der Waals surface area contributed by atoms with Gasteiger partial charge in [-0.3, -0.25) is 0 Å². The second kappa shape index (κ2) is 7.27. The summed E-state index contributed by atoms with van der Waals surface area (Å²) in [7, 11) is 1.65. The molecule has 1 N–H and O–H groups in total. The maximum absolute atomic E-state index is 10.1. The lowest BCUT2D eigenvalue weighted by atomic mass is 9.99. The summed E-state index contributed by atoms with van der Waals surface area (Å²) in [4.78, 5) is 0. The molecule has 0 aliphatic carbocycles. The van der Waals surface area contributed by atoms with Crippen LogP contribution in [-0.4, -0.2) is 31.0 Å². The number of methoxy groups -OCH3 is 1. The van der Waals surface area contributed by atoms with Crippen LogP contribution in [0.25, 0.3) is 0 Å². The third-order valence-corrected chi connectivity index (χ3v) is 4.12. The summed E-state index contributed by atoms with van der Waals surface area (Å²) in [5.74, 6) is 0.814. The predicted molar refractivity (Wildman–Crippen MR) is 78.6 cm³/mol. The number of halogens is 1. The Kier molecular flexibility index (Phi) is 5.67. The van der Waals surface area contributed by atoms with Crippen LogP contribution in [0.5, 0.6) is 5.75 Å². The minimum atomic E-state index is -0.344. The first kappa shape index (κ1) is 14.8. The molecule has 2 atom stereocenters. The summed E-state index contributed by atoms with van der Waals surface area (Å²) in [6.45, 7) is 0.839. The Bertz CT molecular complexity index is 402. The summed E-state index contributed by atoms with van der Waals surface area (Å²) in [6, 6.07) is 5.92. The smallest absolute Gasteiger partial charge is 0.133 e. The number of benzene rings is 1.